The molecule has 0 aromatic heterocycles. The van der Waals surface area contributed by atoms with Crippen molar-refractivity contribution in [2.45, 2.75) is 38.6 Å². The van der Waals surface area contributed by atoms with Crippen molar-refractivity contribution in [3.05, 3.63) is 35.4 Å². The summed E-state index contributed by atoms with van der Waals surface area (Å²) in [7, 11) is 1.50. The third-order valence-corrected chi connectivity index (χ3v) is 3.45. The Labute approximate surface area is 125 Å². The lowest BCUT2D eigenvalue weighted by molar-refractivity contribution is -0.142. The fraction of sp³-hybridized carbons (Fsp3) is 0.500. The van der Waals surface area contributed by atoms with E-state index in [0.29, 0.717) is 6.61 Å². The summed E-state index contributed by atoms with van der Waals surface area (Å²) in [5, 5.41) is 11.6. The molecule has 0 saturated carbocycles. The summed E-state index contributed by atoms with van der Waals surface area (Å²) in [4.78, 5) is 23.1. The molecule has 21 heavy (non-hydrogen) atoms. The molecule has 1 amide bonds. The molecule has 1 aromatic carbocycles. The van der Waals surface area contributed by atoms with Crippen molar-refractivity contribution >= 4 is 11.9 Å². The minimum Gasteiger partial charge on any atom is -0.480 e. The number of rotatable bonds is 8. The molecule has 0 heterocycles. The van der Waals surface area contributed by atoms with E-state index in [1.807, 2.05) is 38.1 Å². The van der Waals surface area contributed by atoms with Crippen molar-refractivity contribution in [1.29, 1.82) is 0 Å². The molecule has 5 heteroatoms. The normalized spacial score (nSPS) is 13.5. The number of carbonyl (C=O) groups excluding carboxylic acids is 1. The van der Waals surface area contributed by atoms with Crippen LogP contribution in [0.4, 0.5) is 0 Å². The van der Waals surface area contributed by atoms with Gasteiger partial charge in [-0.25, -0.2) is 4.79 Å². The van der Waals surface area contributed by atoms with Gasteiger partial charge in [-0.2, -0.15) is 0 Å². The maximum absolute atomic E-state index is 12.0. The quantitative estimate of drug-likeness (QED) is 0.769. The highest BCUT2D eigenvalue weighted by Crippen LogP contribution is 2.22. The van der Waals surface area contributed by atoms with Crippen LogP contribution < -0.4 is 5.32 Å². The Morgan fingerprint density at radius 1 is 1.33 bits per heavy atom. The smallest absolute Gasteiger partial charge is 0.326 e. The maximum atomic E-state index is 12.0. The first-order chi connectivity index (χ1) is 9.95. The second-order valence-electron chi connectivity index (χ2n) is 5.20. The monoisotopic (exact) mass is 293 g/mol. The Morgan fingerprint density at radius 2 is 2.00 bits per heavy atom. The second-order valence-corrected chi connectivity index (χ2v) is 5.20. The lowest BCUT2D eigenvalue weighted by Crippen LogP contribution is -2.41. The number of nitrogens with one attached hydrogen (secondary N) is 1. The van der Waals surface area contributed by atoms with Gasteiger partial charge in [-0.15, -0.1) is 0 Å². The van der Waals surface area contributed by atoms with Crippen molar-refractivity contribution in [1.82, 2.24) is 5.32 Å². The molecule has 2 atom stereocenters. The van der Waals surface area contributed by atoms with Crippen molar-refractivity contribution in [2.24, 2.45) is 0 Å². The summed E-state index contributed by atoms with van der Waals surface area (Å²) in [5.74, 6) is -1.25. The van der Waals surface area contributed by atoms with Gasteiger partial charge in [0, 0.05) is 26.6 Å². The van der Waals surface area contributed by atoms with Crippen LogP contribution in [0.2, 0.25) is 0 Å². The predicted octanol–water partition coefficient (Wildman–Crippen LogP) is 2.09. The Morgan fingerprint density at radius 3 is 2.57 bits per heavy atom. The number of aliphatic carboxylic acids is 1. The average molecular weight is 293 g/mol. The third-order valence-electron chi connectivity index (χ3n) is 3.45. The Hall–Kier alpha value is -1.88. The summed E-state index contributed by atoms with van der Waals surface area (Å²) in [6, 6.07) is 6.99. The molecule has 5 nitrogen and oxygen atoms in total. The number of ether oxygens (including phenoxy) is 1. The van der Waals surface area contributed by atoms with E-state index in [9.17, 15) is 9.59 Å². The highest BCUT2D eigenvalue weighted by molar-refractivity contribution is 5.83. The number of carboxylic acids is 1. The highest BCUT2D eigenvalue weighted by atomic mass is 16.5. The Bertz CT molecular complexity index is 487. The van der Waals surface area contributed by atoms with E-state index in [1.165, 1.54) is 7.11 Å². The van der Waals surface area contributed by atoms with Gasteiger partial charge in [0.2, 0.25) is 5.91 Å². The number of carboxylic acid groups (broad SMARTS) is 1. The zero-order valence-corrected chi connectivity index (χ0v) is 12.8. The van der Waals surface area contributed by atoms with Crippen LogP contribution >= 0.6 is 0 Å². The first-order valence-electron chi connectivity index (χ1n) is 7.02. The van der Waals surface area contributed by atoms with E-state index in [4.69, 9.17) is 9.84 Å². The lowest BCUT2D eigenvalue weighted by Gasteiger charge is -2.17. The first-order valence-corrected chi connectivity index (χ1v) is 7.02. The van der Waals surface area contributed by atoms with E-state index in [-0.39, 0.29) is 24.7 Å². The van der Waals surface area contributed by atoms with E-state index in [2.05, 4.69) is 5.32 Å². The molecule has 0 fully saturated rings. The van der Waals surface area contributed by atoms with E-state index in [1.54, 1.807) is 0 Å². The topological polar surface area (TPSA) is 75.6 Å². The summed E-state index contributed by atoms with van der Waals surface area (Å²) >= 11 is 0. The maximum Gasteiger partial charge on any atom is 0.326 e. The molecule has 1 rings (SSSR count). The largest absolute Gasteiger partial charge is 0.480 e. The molecular formula is C16H23NO4. The number of carbonyl (C=O) groups is 2. The molecule has 0 spiro atoms. The molecule has 2 unspecified atom stereocenters. The van der Waals surface area contributed by atoms with Crippen molar-refractivity contribution < 1.29 is 19.4 Å². The van der Waals surface area contributed by atoms with Crippen molar-refractivity contribution in [3.8, 4) is 0 Å². The average Bonchev–Trinajstić information content (AvgIpc) is 2.43. The fourth-order valence-corrected chi connectivity index (χ4v) is 2.27. The molecule has 0 bridgehead atoms. The van der Waals surface area contributed by atoms with Gasteiger partial charge in [0.05, 0.1) is 0 Å². The summed E-state index contributed by atoms with van der Waals surface area (Å²) in [6.07, 6.45) is 0.526. The summed E-state index contributed by atoms with van der Waals surface area (Å²) in [6.45, 7) is 4.26. The van der Waals surface area contributed by atoms with Crippen LogP contribution in [0.25, 0.3) is 0 Å². The van der Waals surface area contributed by atoms with Crippen LogP contribution in [0.1, 0.15) is 36.8 Å². The van der Waals surface area contributed by atoms with Crippen LogP contribution in [0.3, 0.4) is 0 Å². The highest BCUT2D eigenvalue weighted by Gasteiger charge is 2.21. The molecule has 116 valence electrons. The first kappa shape index (κ1) is 17.2. The van der Waals surface area contributed by atoms with Crippen LogP contribution in [-0.4, -0.2) is 36.7 Å². The summed E-state index contributed by atoms with van der Waals surface area (Å²) in [5.41, 5.74) is 2.24. The molecule has 0 aliphatic heterocycles. The number of benzene rings is 1. The zero-order valence-electron chi connectivity index (χ0n) is 12.8. The SMILES string of the molecule is COCCC(NC(=O)CC(C)c1ccccc1C)C(=O)O. The van der Waals surface area contributed by atoms with Gasteiger partial charge in [-0.05, 0) is 24.0 Å². The molecule has 0 radical (unpaired) electrons. The molecule has 1 aromatic rings. The molecule has 0 saturated heterocycles. The Balaban J connectivity index is 2.59. The Kier molecular flexibility index (Phi) is 6.88. The van der Waals surface area contributed by atoms with Crippen LogP contribution in [-0.2, 0) is 14.3 Å². The van der Waals surface area contributed by atoms with Gasteiger partial charge in [0.15, 0.2) is 0 Å². The molecule has 0 aliphatic carbocycles. The zero-order chi connectivity index (χ0) is 15.8. The van der Waals surface area contributed by atoms with Gasteiger partial charge in [0.25, 0.3) is 0 Å². The van der Waals surface area contributed by atoms with Gasteiger partial charge >= 0.3 is 5.97 Å². The number of amides is 1. The standard InChI is InChI=1S/C16H23NO4/c1-11-6-4-5-7-13(11)12(2)10-15(18)17-14(16(19)20)8-9-21-3/h4-7,12,14H,8-10H2,1-3H3,(H,17,18)(H,19,20). The predicted molar refractivity (Wildman–Crippen MR) is 80.3 cm³/mol. The lowest BCUT2D eigenvalue weighted by atomic mass is 9.93. The second kappa shape index (κ2) is 8.42. The van der Waals surface area contributed by atoms with Crippen LogP contribution in [0.15, 0.2) is 24.3 Å². The van der Waals surface area contributed by atoms with Gasteiger partial charge < -0.3 is 15.2 Å². The summed E-state index contributed by atoms with van der Waals surface area (Å²) < 4.78 is 4.86. The van der Waals surface area contributed by atoms with Gasteiger partial charge in [-0.3, -0.25) is 4.79 Å². The number of methoxy groups -OCH3 is 1. The van der Waals surface area contributed by atoms with Gasteiger partial charge in [-0.1, -0.05) is 31.2 Å². The van der Waals surface area contributed by atoms with E-state index in [0.717, 1.165) is 11.1 Å². The fourth-order valence-electron chi connectivity index (χ4n) is 2.27. The molecular weight excluding hydrogens is 270 g/mol. The number of hydrogen-bond acceptors (Lipinski definition) is 3. The van der Waals surface area contributed by atoms with E-state index >= 15 is 0 Å². The third kappa shape index (κ3) is 5.55. The minimum absolute atomic E-state index is 0.0445. The molecule has 2 N–H and O–H groups in total. The van der Waals surface area contributed by atoms with Crippen LogP contribution in [0.5, 0.6) is 0 Å². The van der Waals surface area contributed by atoms with Crippen molar-refractivity contribution in [3.63, 3.8) is 0 Å². The van der Waals surface area contributed by atoms with Gasteiger partial charge in [0.1, 0.15) is 6.04 Å². The molecule has 0 aliphatic rings. The van der Waals surface area contributed by atoms with E-state index < -0.39 is 12.0 Å². The number of aryl methyl sites for hydroxylation is 1. The number of hydrogen-bond donors (Lipinski definition) is 2. The van der Waals surface area contributed by atoms with Crippen molar-refractivity contribution in [2.75, 3.05) is 13.7 Å². The minimum atomic E-state index is -1.04. The van der Waals surface area contributed by atoms with Crippen LogP contribution in [0, 0.1) is 6.92 Å².